The fourth-order valence-electron chi connectivity index (χ4n) is 3.30. The number of carbonyl (C=O) groups is 1. The first-order valence-electron chi connectivity index (χ1n) is 7.93. The van der Waals surface area contributed by atoms with Crippen molar-refractivity contribution in [2.24, 2.45) is 5.73 Å². The molecule has 1 fully saturated rings. The quantitative estimate of drug-likeness (QED) is 0.862. The lowest BCUT2D eigenvalue weighted by atomic mass is 9.74. The predicted octanol–water partition coefficient (Wildman–Crippen LogP) is 3.08. The summed E-state index contributed by atoms with van der Waals surface area (Å²) < 4.78 is 0. The van der Waals surface area contributed by atoms with Crippen molar-refractivity contribution in [2.75, 3.05) is 13.1 Å². The molecule has 0 aromatic heterocycles. The highest BCUT2D eigenvalue weighted by atomic mass is 16.2. The first kappa shape index (κ1) is 15.8. The monoisotopic (exact) mass is 286 g/mol. The van der Waals surface area contributed by atoms with Crippen LogP contribution in [-0.4, -0.2) is 23.9 Å². The van der Waals surface area contributed by atoms with Gasteiger partial charge in [-0.3, -0.25) is 4.79 Å². The largest absolute Gasteiger partial charge is 0.343 e. The number of rotatable bonds is 1. The Morgan fingerprint density at radius 3 is 2.52 bits per heavy atom. The second-order valence-electron chi connectivity index (χ2n) is 5.62. The van der Waals surface area contributed by atoms with Crippen molar-refractivity contribution < 1.29 is 4.79 Å². The van der Waals surface area contributed by atoms with E-state index in [1.807, 2.05) is 18.7 Å². The zero-order valence-corrected chi connectivity index (χ0v) is 13.4. The standard InChI is InChI=1S/C16H20N2O.C2H6/c1-12(19)18-8-6-16(7-9-18)5-4-14-3-2-13(11-17)10-15(14)16;1-2/h2-5,10H,6-9,11,17H2,1H3;1-2H3. The third-order valence-electron chi connectivity index (χ3n) is 4.57. The molecule has 0 atom stereocenters. The second kappa shape index (κ2) is 6.44. The molecule has 1 aliphatic heterocycles. The van der Waals surface area contributed by atoms with Crippen molar-refractivity contribution in [3.63, 3.8) is 0 Å². The lowest BCUT2D eigenvalue weighted by Crippen LogP contribution is -2.43. The van der Waals surface area contributed by atoms with Crippen LogP contribution in [0.5, 0.6) is 0 Å². The lowest BCUT2D eigenvalue weighted by Gasteiger charge is -2.39. The van der Waals surface area contributed by atoms with E-state index < -0.39 is 0 Å². The Hall–Kier alpha value is -1.61. The van der Waals surface area contributed by atoms with Gasteiger partial charge in [0.2, 0.25) is 5.91 Å². The van der Waals surface area contributed by atoms with Crippen LogP contribution in [0.15, 0.2) is 24.3 Å². The van der Waals surface area contributed by atoms with E-state index in [0.717, 1.165) is 25.9 Å². The maximum atomic E-state index is 11.4. The summed E-state index contributed by atoms with van der Waals surface area (Å²) in [6, 6.07) is 6.52. The number of piperidine rings is 1. The second-order valence-corrected chi connectivity index (χ2v) is 5.62. The number of nitrogens with two attached hydrogens (primary N) is 1. The Bertz CT molecular complexity index is 540. The number of benzene rings is 1. The smallest absolute Gasteiger partial charge is 0.219 e. The minimum absolute atomic E-state index is 0.131. The van der Waals surface area contributed by atoms with E-state index in [9.17, 15) is 4.79 Å². The molecule has 0 bridgehead atoms. The average Bonchev–Trinajstić information content (AvgIpc) is 2.88. The van der Waals surface area contributed by atoms with E-state index >= 15 is 0 Å². The van der Waals surface area contributed by atoms with E-state index in [0.29, 0.717) is 6.54 Å². The van der Waals surface area contributed by atoms with Gasteiger partial charge in [-0.25, -0.2) is 0 Å². The zero-order valence-electron chi connectivity index (χ0n) is 13.4. The van der Waals surface area contributed by atoms with Gasteiger partial charge in [-0.05, 0) is 29.5 Å². The summed E-state index contributed by atoms with van der Waals surface area (Å²) >= 11 is 0. The Morgan fingerprint density at radius 1 is 1.29 bits per heavy atom. The summed E-state index contributed by atoms with van der Waals surface area (Å²) in [5, 5.41) is 0. The molecular weight excluding hydrogens is 260 g/mol. The number of hydrogen-bond acceptors (Lipinski definition) is 2. The molecule has 2 aliphatic rings. The predicted molar refractivity (Wildman–Crippen MR) is 87.9 cm³/mol. The lowest BCUT2D eigenvalue weighted by molar-refractivity contribution is -0.130. The molecule has 0 saturated carbocycles. The highest BCUT2D eigenvalue weighted by Gasteiger charge is 2.38. The van der Waals surface area contributed by atoms with Crippen LogP contribution in [-0.2, 0) is 16.8 Å². The van der Waals surface area contributed by atoms with Crippen molar-refractivity contribution in [3.05, 3.63) is 41.0 Å². The van der Waals surface area contributed by atoms with Gasteiger partial charge in [-0.15, -0.1) is 0 Å². The molecule has 1 amide bonds. The molecule has 3 nitrogen and oxygen atoms in total. The number of allylic oxidation sites excluding steroid dienone is 1. The van der Waals surface area contributed by atoms with E-state index in [1.165, 1.54) is 16.7 Å². The van der Waals surface area contributed by atoms with E-state index in [4.69, 9.17) is 5.73 Å². The molecule has 114 valence electrons. The van der Waals surface area contributed by atoms with Gasteiger partial charge >= 0.3 is 0 Å². The number of likely N-dealkylation sites (tertiary alicyclic amines) is 1. The van der Waals surface area contributed by atoms with Gasteiger partial charge in [0.1, 0.15) is 0 Å². The number of carbonyl (C=O) groups excluding carboxylic acids is 1. The van der Waals surface area contributed by atoms with Crippen molar-refractivity contribution in [1.29, 1.82) is 0 Å². The minimum atomic E-state index is 0.131. The molecule has 0 unspecified atom stereocenters. The third kappa shape index (κ3) is 2.88. The fourth-order valence-corrected chi connectivity index (χ4v) is 3.30. The minimum Gasteiger partial charge on any atom is -0.343 e. The number of hydrogen-bond donors (Lipinski definition) is 1. The van der Waals surface area contributed by atoms with Crippen LogP contribution in [0, 0.1) is 0 Å². The number of amides is 1. The van der Waals surface area contributed by atoms with Crippen molar-refractivity contribution in [1.82, 2.24) is 4.90 Å². The maximum Gasteiger partial charge on any atom is 0.219 e. The number of fused-ring (bicyclic) bond motifs is 2. The molecule has 3 heteroatoms. The van der Waals surface area contributed by atoms with Crippen molar-refractivity contribution in [3.8, 4) is 0 Å². The fraction of sp³-hybridized carbons (Fsp3) is 0.500. The van der Waals surface area contributed by atoms with Gasteiger partial charge in [-0.2, -0.15) is 0 Å². The Labute approximate surface area is 127 Å². The summed E-state index contributed by atoms with van der Waals surface area (Å²) in [5.41, 5.74) is 9.79. The van der Waals surface area contributed by atoms with Crippen molar-refractivity contribution >= 4 is 12.0 Å². The topological polar surface area (TPSA) is 46.3 Å². The molecule has 1 aromatic carbocycles. The van der Waals surface area contributed by atoms with Gasteiger partial charge < -0.3 is 10.6 Å². The van der Waals surface area contributed by atoms with E-state index in [1.54, 1.807) is 6.92 Å². The highest BCUT2D eigenvalue weighted by molar-refractivity contribution is 5.74. The molecule has 1 aromatic rings. The van der Waals surface area contributed by atoms with E-state index in [-0.39, 0.29) is 11.3 Å². The normalized spacial score (nSPS) is 18.2. The molecular formula is C18H26N2O. The summed E-state index contributed by atoms with van der Waals surface area (Å²) in [6.45, 7) is 7.95. The van der Waals surface area contributed by atoms with Crippen LogP contribution in [0.25, 0.3) is 6.08 Å². The zero-order chi connectivity index (χ0) is 15.5. The van der Waals surface area contributed by atoms with Gasteiger partial charge in [0.15, 0.2) is 0 Å². The van der Waals surface area contributed by atoms with Crippen LogP contribution in [0.2, 0.25) is 0 Å². The van der Waals surface area contributed by atoms with Crippen LogP contribution in [0.3, 0.4) is 0 Å². The van der Waals surface area contributed by atoms with Gasteiger partial charge in [0, 0.05) is 32.0 Å². The Kier molecular flexibility index (Phi) is 4.84. The molecule has 2 N–H and O–H groups in total. The van der Waals surface area contributed by atoms with Gasteiger partial charge in [0.05, 0.1) is 0 Å². The van der Waals surface area contributed by atoms with Gasteiger partial charge in [-0.1, -0.05) is 44.2 Å². The highest BCUT2D eigenvalue weighted by Crippen LogP contribution is 2.44. The first-order valence-corrected chi connectivity index (χ1v) is 7.93. The Morgan fingerprint density at radius 2 is 1.95 bits per heavy atom. The first-order chi connectivity index (χ1) is 10.1. The number of nitrogens with zero attached hydrogens (tertiary/aromatic N) is 1. The molecule has 3 rings (SSSR count). The molecule has 1 spiro atoms. The third-order valence-corrected chi connectivity index (χ3v) is 4.57. The van der Waals surface area contributed by atoms with Crippen LogP contribution in [0.4, 0.5) is 0 Å². The average molecular weight is 286 g/mol. The summed E-state index contributed by atoms with van der Waals surface area (Å²) in [4.78, 5) is 13.4. The SMILES string of the molecule is CC.CC(=O)N1CCC2(C=Cc3ccc(CN)cc32)CC1. The molecule has 1 heterocycles. The summed E-state index contributed by atoms with van der Waals surface area (Å²) in [7, 11) is 0. The summed E-state index contributed by atoms with van der Waals surface area (Å²) in [6.07, 6.45) is 6.59. The van der Waals surface area contributed by atoms with Crippen LogP contribution >= 0.6 is 0 Å². The Balaban J connectivity index is 0.000000774. The maximum absolute atomic E-state index is 11.4. The van der Waals surface area contributed by atoms with Crippen molar-refractivity contribution in [2.45, 2.75) is 45.6 Å². The summed E-state index contributed by atoms with van der Waals surface area (Å²) in [5.74, 6) is 0.188. The molecule has 1 aliphatic carbocycles. The molecule has 0 radical (unpaired) electrons. The van der Waals surface area contributed by atoms with Crippen LogP contribution in [0.1, 0.15) is 50.3 Å². The molecule has 21 heavy (non-hydrogen) atoms. The van der Waals surface area contributed by atoms with Gasteiger partial charge in [0.25, 0.3) is 0 Å². The van der Waals surface area contributed by atoms with Crippen LogP contribution < -0.4 is 5.73 Å². The van der Waals surface area contributed by atoms with E-state index in [2.05, 4.69) is 30.4 Å². The molecule has 1 saturated heterocycles.